The Kier molecular flexibility index (Phi) is 9.53. The van der Waals surface area contributed by atoms with E-state index in [2.05, 4.69) is 53.9 Å². The molecular formula is C12H22IN3S. The first-order valence-electron chi connectivity index (χ1n) is 5.83. The van der Waals surface area contributed by atoms with Crippen LogP contribution in [0.25, 0.3) is 0 Å². The van der Waals surface area contributed by atoms with Gasteiger partial charge in [0.2, 0.25) is 0 Å². The molecule has 0 saturated carbocycles. The van der Waals surface area contributed by atoms with E-state index in [1.54, 1.807) is 11.3 Å². The molecule has 1 heterocycles. The number of nitrogens with one attached hydrogen (secondary N) is 2. The van der Waals surface area contributed by atoms with Gasteiger partial charge in [-0.2, -0.15) is 0 Å². The molecule has 1 rings (SSSR count). The zero-order valence-corrected chi connectivity index (χ0v) is 13.8. The Labute approximate surface area is 125 Å². The molecule has 17 heavy (non-hydrogen) atoms. The van der Waals surface area contributed by atoms with E-state index < -0.39 is 0 Å². The van der Waals surface area contributed by atoms with Crippen molar-refractivity contribution in [2.24, 2.45) is 4.99 Å². The van der Waals surface area contributed by atoms with Crippen LogP contribution in [0.4, 0.5) is 0 Å². The van der Waals surface area contributed by atoms with E-state index in [1.165, 1.54) is 4.88 Å². The zero-order chi connectivity index (χ0) is 11.8. The Bertz CT molecular complexity index is 304. The molecular weight excluding hydrogens is 345 g/mol. The molecule has 1 unspecified atom stereocenters. The molecule has 0 amide bonds. The number of rotatable bonds is 5. The molecule has 0 aliphatic rings. The molecule has 0 bridgehead atoms. The van der Waals surface area contributed by atoms with Crippen LogP contribution in [-0.4, -0.2) is 25.6 Å². The van der Waals surface area contributed by atoms with Crippen molar-refractivity contribution in [3.63, 3.8) is 0 Å². The summed E-state index contributed by atoms with van der Waals surface area (Å²) < 4.78 is 0. The highest BCUT2D eigenvalue weighted by Gasteiger charge is 2.05. The number of nitrogens with zero attached hydrogens (tertiary/aromatic N) is 1. The summed E-state index contributed by atoms with van der Waals surface area (Å²) in [7, 11) is 0. The predicted molar refractivity (Wildman–Crippen MR) is 87.8 cm³/mol. The average molecular weight is 367 g/mol. The molecule has 0 aliphatic heterocycles. The molecule has 1 aromatic heterocycles. The first-order chi connectivity index (χ1) is 7.77. The van der Waals surface area contributed by atoms with Crippen molar-refractivity contribution in [1.29, 1.82) is 0 Å². The molecule has 0 fully saturated rings. The van der Waals surface area contributed by atoms with Crippen molar-refractivity contribution in [1.82, 2.24) is 10.6 Å². The van der Waals surface area contributed by atoms with Crippen LogP contribution in [0.5, 0.6) is 0 Å². The Morgan fingerprint density at radius 1 is 1.35 bits per heavy atom. The number of halogens is 1. The van der Waals surface area contributed by atoms with Gasteiger partial charge in [0.15, 0.2) is 5.96 Å². The van der Waals surface area contributed by atoms with Crippen molar-refractivity contribution >= 4 is 41.3 Å². The van der Waals surface area contributed by atoms with Gasteiger partial charge >= 0.3 is 0 Å². The molecule has 0 aliphatic carbocycles. The number of hydrogen-bond acceptors (Lipinski definition) is 2. The van der Waals surface area contributed by atoms with E-state index in [9.17, 15) is 0 Å². The summed E-state index contributed by atoms with van der Waals surface area (Å²) in [6.07, 6.45) is 0. The highest BCUT2D eigenvalue weighted by atomic mass is 127. The van der Waals surface area contributed by atoms with Gasteiger partial charge in [-0.3, -0.25) is 4.99 Å². The Balaban J connectivity index is 0.00000256. The van der Waals surface area contributed by atoms with Crippen molar-refractivity contribution in [2.45, 2.75) is 26.7 Å². The summed E-state index contributed by atoms with van der Waals surface area (Å²) >= 11 is 1.80. The minimum Gasteiger partial charge on any atom is -0.357 e. The maximum atomic E-state index is 4.56. The minimum absolute atomic E-state index is 0. The fraction of sp³-hybridized carbons (Fsp3) is 0.583. The van der Waals surface area contributed by atoms with Crippen LogP contribution in [0.3, 0.4) is 0 Å². The van der Waals surface area contributed by atoms with E-state index in [0.29, 0.717) is 5.92 Å². The molecule has 3 nitrogen and oxygen atoms in total. The molecule has 0 saturated heterocycles. The van der Waals surface area contributed by atoms with E-state index in [-0.39, 0.29) is 24.0 Å². The Morgan fingerprint density at radius 3 is 2.47 bits per heavy atom. The number of guanidine groups is 1. The molecule has 1 aromatic rings. The van der Waals surface area contributed by atoms with Crippen molar-refractivity contribution in [3.05, 3.63) is 22.4 Å². The maximum absolute atomic E-state index is 4.56. The summed E-state index contributed by atoms with van der Waals surface area (Å²) in [5.74, 6) is 1.40. The summed E-state index contributed by atoms with van der Waals surface area (Å²) in [5.41, 5.74) is 0. The van der Waals surface area contributed by atoms with Crippen molar-refractivity contribution in [2.75, 3.05) is 19.6 Å². The highest BCUT2D eigenvalue weighted by Crippen LogP contribution is 2.20. The quantitative estimate of drug-likeness (QED) is 0.477. The topological polar surface area (TPSA) is 36.4 Å². The monoisotopic (exact) mass is 367 g/mol. The van der Waals surface area contributed by atoms with Crippen molar-refractivity contribution in [3.8, 4) is 0 Å². The van der Waals surface area contributed by atoms with E-state index in [0.717, 1.165) is 25.6 Å². The van der Waals surface area contributed by atoms with Gasteiger partial charge in [0.05, 0.1) is 6.54 Å². The van der Waals surface area contributed by atoms with E-state index in [4.69, 9.17) is 0 Å². The molecule has 0 spiro atoms. The lowest BCUT2D eigenvalue weighted by Crippen LogP contribution is -2.37. The summed E-state index contributed by atoms with van der Waals surface area (Å²) in [6, 6.07) is 4.26. The van der Waals surface area contributed by atoms with Gasteiger partial charge in [-0.05, 0) is 25.3 Å². The van der Waals surface area contributed by atoms with Crippen LogP contribution in [0.1, 0.15) is 31.6 Å². The number of thiophene rings is 1. The van der Waals surface area contributed by atoms with Crippen LogP contribution in [-0.2, 0) is 0 Å². The van der Waals surface area contributed by atoms with Gasteiger partial charge in [-0.15, -0.1) is 35.3 Å². The molecule has 1 atom stereocenters. The van der Waals surface area contributed by atoms with E-state index >= 15 is 0 Å². The lowest BCUT2D eigenvalue weighted by Gasteiger charge is -2.11. The third kappa shape index (κ3) is 6.26. The largest absolute Gasteiger partial charge is 0.357 e. The molecule has 0 radical (unpaired) electrons. The van der Waals surface area contributed by atoms with E-state index in [1.807, 2.05) is 0 Å². The molecule has 5 heteroatoms. The van der Waals surface area contributed by atoms with Crippen LogP contribution < -0.4 is 10.6 Å². The molecule has 0 aromatic carbocycles. The van der Waals surface area contributed by atoms with Crippen LogP contribution in [0.15, 0.2) is 22.5 Å². The van der Waals surface area contributed by atoms with Crippen LogP contribution in [0, 0.1) is 0 Å². The van der Waals surface area contributed by atoms with Gasteiger partial charge in [0, 0.05) is 23.9 Å². The van der Waals surface area contributed by atoms with Gasteiger partial charge in [0.1, 0.15) is 0 Å². The summed E-state index contributed by atoms with van der Waals surface area (Å²) in [4.78, 5) is 5.96. The number of aliphatic imine (C=N–C) groups is 1. The molecule has 2 N–H and O–H groups in total. The maximum Gasteiger partial charge on any atom is 0.191 e. The van der Waals surface area contributed by atoms with Crippen LogP contribution >= 0.6 is 35.3 Å². The van der Waals surface area contributed by atoms with Gasteiger partial charge in [-0.1, -0.05) is 13.0 Å². The van der Waals surface area contributed by atoms with Crippen molar-refractivity contribution < 1.29 is 0 Å². The average Bonchev–Trinajstić information content (AvgIpc) is 2.79. The fourth-order valence-electron chi connectivity index (χ4n) is 1.40. The minimum atomic E-state index is 0. The predicted octanol–water partition coefficient (Wildman–Crippen LogP) is 3.04. The summed E-state index contributed by atoms with van der Waals surface area (Å²) in [5, 5.41) is 8.57. The van der Waals surface area contributed by atoms with Gasteiger partial charge < -0.3 is 10.6 Å². The Morgan fingerprint density at radius 2 is 2.00 bits per heavy atom. The van der Waals surface area contributed by atoms with Crippen LogP contribution in [0.2, 0.25) is 0 Å². The third-order valence-electron chi connectivity index (χ3n) is 2.24. The normalized spacial score (nSPS) is 11.2. The standard InChI is InChI=1S/C12H21N3S.HI/c1-4-13-12(14-5-2)15-9-10(3)11-7-6-8-16-11;/h6-8,10H,4-5,9H2,1-3H3,(H2,13,14,15);1H. The fourth-order valence-corrected chi connectivity index (χ4v) is 2.18. The molecule has 98 valence electrons. The van der Waals surface area contributed by atoms with Gasteiger partial charge in [-0.25, -0.2) is 0 Å². The second kappa shape index (κ2) is 9.70. The Hall–Kier alpha value is -0.300. The highest BCUT2D eigenvalue weighted by molar-refractivity contribution is 14.0. The second-order valence-corrected chi connectivity index (χ2v) is 4.65. The second-order valence-electron chi connectivity index (χ2n) is 3.67. The lowest BCUT2D eigenvalue weighted by molar-refractivity contribution is 0.765. The third-order valence-corrected chi connectivity index (χ3v) is 3.34. The van der Waals surface area contributed by atoms with Gasteiger partial charge in [0.25, 0.3) is 0 Å². The number of hydrogen-bond donors (Lipinski definition) is 2. The first kappa shape index (κ1) is 16.7. The smallest absolute Gasteiger partial charge is 0.191 e. The lowest BCUT2D eigenvalue weighted by atomic mass is 10.1. The zero-order valence-electron chi connectivity index (χ0n) is 10.7. The summed E-state index contributed by atoms with van der Waals surface area (Å²) in [6.45, 7) is 9.00. The first-order valence-corrected chi connectivity index (χ1v) is 6.71. The SMILES string of the molecule is CCNC(=NCC(C)c1cccs1)NCC.I.